The number of hydrogen-bond acceptors (Lipinski definition) is 3. The van der Waals surface area contributed by atoms with Gasteiger partial charge in [0.05, 0.1) is 6.54 Å². The molecule has 0 saturated carbocycles. The number of carbonyl (C=O) groups is 1. The monoisotopic (exact) mass is 185 g/mol. The average molecular weight is 185 g/mol. The Morgan fingerprint density at radius 3 is 3.00 bits per heavy atom. The first kappa shape index (κ1) is 10.5. The molecular weight excluding hydrogens is 166 g/mol. The molecule has 4 heteroatoms. The summed E-state index contributed by atoms with van der Waals surface area (Å²) in [6.45, 7) is 2.53. The van der Waals surface area contributed by atoms with Crippen LogP contribution < -0.4 is 11.1 Å². The van der Waals surface area contributed by atoms with Crippen molar-refractivity contribution in [2.75, 3.05) is 26.7 Å². The van der Waals surface area contributed by atoms with Gasteiger partial charge in [0.15, 0.2) is 0 Å². The molecule has 3 N–H and O–H groups in total. The van der Waals surface area contributed by atoms with Crippen LogP contribution in [0.25, 0.3) is 0 Å². The molecule has 1 atom stereocenters. The topological polar surface area (TPSA) is 58.4 Å². The molecule has 1 fully saturated rings. The van der Waals surface area contributed by atoms with Gasteiger partial charge < -0.3 is 11.1 Å². The van der Waals surface area contributed by atoms with Gasteiger partial charge in [0.1, 0.15) is 0 Å². The molecule has 0 spiro atoms. The Balaban J connectivity index is 2.34. The van der Waals surface area contributed by atoms with Gasteiger partial charge in [-0.25, -0.2) is 0 Å². The highest BCUT2D eigenvalue weighted by atomic mass is 16.1. The first-order valence-corrected chi connectivity index (χ1v) is 4.89. The van der Waals surface area contributed by atoms with Crippen LogP contribution in [0.5, 0.6) is 0 Å². The SMILES string of the molecule is CN(CC(N)=O)C1CCCNCC1. The number of nitrogens with zero attached hydrogens (tertiary/aromatic N) is 1. The van der Waals surface area contributed by atoms with Crippen molar-refractivity contribution in [2.24, 2.45) is 5.73 Å². The van der Waals surface area contributed by atoms with E-state index in [2.05, 4.69) is 10.2 Å². The summed E-state index contributed by atoms with van der Waals surface area (Å²) in [6.07, 6.45) is 3.47. The molecule has 1 saturated heterocycles. The van der Waals surface area contributed by atoms with E-state index in [4.69, 9.17) is 5.73 Å². The summed E-state index contributed by atoms with van der Waals surface area (Å²) in [7, 11) is 1.97. The summed E-state index contributed by atoms with van der Waals surface area (Å²) >= 11 is 0. The molecule has 0 aromatic carbocycles. The molecule has 0 radical (unpaired) electrons. The van der Waals surface area contributed by atoms with E-state index in [-0.39, 0.29) is 5.91 Å². The zero-order chi connectivity index (χ0) is 9.68. The third-order valence-electron chi connectivity index (χ3n) is 2.57. The van der Waals surface area contributed by atoms with E-state index < -0.39 is 0 Å². The molecule has 1 aliphatic heterocycles. The minimum atomic E-state index is -0.236. The van der Waals surface area contributed by atoms with Crippen LogP contribution in [0.4, 0.5) is 0 Å². The summed E-state index contributed by atoms with van der Waals surface area (Å²) in [5.41, 5.74) is 5.14. The Morgan fingerprint density at radius 2 is 2.31 bits per heavy atom. The Bertz CT molecular complexity index is 164. The van der Waals surface area contributed by atoms with Gasteiger partial charge in [0.25, 0.3) is 0 Å². The third kappa shape index (κ3) is 3.74. The molecule has 1 amide bonds. The standard InChI is InChI=1S/C9H19N3O/c1-12(7-9(10)13)8-3-2-5-11-6-4-8/h8,11H,2-7H2,1H3,(H2,10,13). The fourth-order valence-corrected chi connectivity index (χ4v) is 1.82. The molecule has 0 aliphatic carbocycles. The van der Waals surface area contributed by atoms with Crippen LogP contribution in [-0.4, -0.2) is 43.5 Å². The highest BCUT2D eigenvalue weighted by Gasteiger charge is 2.17. The van der Waals surface area contributed by atoms with Crippen molar-refractivity contribution in [1.82, 2.24) is 10.2 Å². The van der Waals surface area contributed by atoms with Gasteiger partial charge in [-0.2, -0.15) is 0 Å². The predicted molar refractivity (Wildman–Crippen MR) is 52.3 cm³/mol. The van der Waals surface area contributed by atoms with Crippen molar-refractivity contribution in [3.8, 4) is 0 Å². The lowest BCUT2D eigenvalue weighted by atomic mass is 10.1. The molecule has 13 heavy (non-hydrogen) atoms. The predicted octanol–water partition coefficient (Wildman–Crippen LogP) is -0.454. The van der Waals surface area contributed by atoms with Gasteiger partial charge in [-0.1, -0.05) is 0 Å². The van der Waals surface area contributed by atoms with Crippen LogP contribution in [0.3, 0.4) is 0 Å². The maximum atomic E-state index is 10.7. The van der Waals surface area contributed by atoms with Crippen LogP contribution in [-0.2, 0) is 4.79 Å². The quantitative estimate of drug-likeness (QED) is 0.626. The second kappa shape index (κ2) is 5.19. The summed E-state index contributed by atoms with van der Waals surface area (Å²) in [5.74, 6) is -0.236. The average Bonchev–Trinajstić information content (AvgIpc) is 2.29. The third-order valence-corrected chi connectivity index (χ3v) is 2.57. The first-order chi connectivity index (χ1) is 6.20. The number of likely N-dealkylation sites (N-methyl/N-ethyl adjacent to an activating group) is 1. The van der Waals surface area contributed by atoms with Crippen molar-refractivity contribution < 1.29 is 4.79 Å². The first-order valence-electron chi connectivity index (χ1n) is 4.89. The van der Waals surface area contributed by atoms with Crippen LogP contribution in [0.1, 0.15) is 19.3 Å². The molecule has 0 bridgehead atoms. The number of primary amides is 1. The van der Waals surface area contributed by atoms with Gasteiger partial charge in [0, 0.05) is 6.04 Å². The summed E-state index contributed by atoms with van der Waals surface area (Å²) in [6, 6.07) is 0.516. The zero-order valence-electron chi connectivity index (χ0n) is 8.25. The lowest BCUT2D eigenvalue weighted by Gasteiger charge is -2.25. The van der Waals surface area contributed by atoms with Crippen molar-refractivity contribution in [3.63, 3.8) is 0 Å². The molecular formula is C9H19N3O. The second-order valence-corrected chi connectivity index (χ2v) is 3.72. The molecule has 1 heterocycles. The fourth-order valence-electron chi connectivity index (χ4n) is 1.82. The highest BCUT2D eigenvalue weighted by Crippen LogP contribution is 2.10. The smallest absolute Gasteiger partial charge is 0.231 e. The molecule has 4 nitrogen and oxygen atoms in total. The Hall–Kier alpha value is -0.610. The fraction of sp³-hybridized carbons (Fsp3) is 0.889. The maximum Gasteiger partial charge on any atom is 0.231 e. The Kier molecular flexibility index (Phi) is 4.18. The Labute approximate surface area is 79.5 Å². The molecule has 1 aliphatic rings. The number of nitrogens with one attached hydrogen (secondary N) is 1. The van der Waals surface area contributed by atoms with Crippen LogP contribution in [0, 0.1) is 0 Å². The number of hydrogen-bond donors (Lipinski definition) is 2. The van der Waals surface area contributed by atoms with E-state index in [1.165, 1.54) is 6.42 Å². The minimum absolute atomic E-state index is 0.236. The molecule has 0 aromatic rings. The lowest BCUT2D eigenvalue weighted by Crippen LogP contribution is -2.38. The molecule has 0 aromatic heterocycles. The van der Waals surface area contributed by atoms with E-state index in [0.29, 0.717) is 12.6 Å². The van der Waals surface area contributed by atoms with E-state index in [0.717, 1.165) is 25.9 Å². The lowest BCUT2D eigenvalue weighted by molar-refractivity contribution is -0.119. The normalized spacial score (nSPS) is 24.3. The number of carbonyl (C=O) groups excluding carboxylic acids is 1. The minimum Gasteiger partial charge on any atom is -0.369 e. The Morgan fingerprint density at radius 1 is 1.54 bits per heavy atom. The van der Waals surface area contributed by atoms with E-state index >= 15 is 0 Å². The molecule has 76 valence electrons. The van der Waals surface area contributed by atoms with E-state index in [1.54, 1.807) is 0 Å². The van der Waals surface area contributed by atoms with E-state index in [9.17, 15) is 4.79 Å². The number of nitrogens with two attached hydrogens (primary N) is 1. The maximum absolute atomic E-state index is 10.7. The van der Waals surface area contributed by atoms with Crippen molar-refractivity contribution in [1.29, 1.82) is 0 Å². The van der Waals surface area contributed by atoms with Crippen LogP contribution in [0.15, 0.2) is 0 Å². The highest BCUT2D eigenvalue weighted by molar-refractivity contribution is 5.75. The van der Waals surface area contributed by atoms with Crippen molar-refractivity contribution in [3.05, 3.63) is 0 Å². The van der Waals surface area contributed by atoms with Gasteiger partial charge in [-0.15, -0.1) is 0 Å². The van der Waals surface area contributed by atoms with Gasteiger partial charge in [-0.05, 0) is 39.4 Å². The molecule has 1 unspecified atom stereocenters. The molecule has 1 rings (SSSR count). The van der Waals surface area contributed by atoms with E-state index in [1.807, 2.05) is 7.05 Å². The van der Waals surface area contributed by atoms with Crippen molar-refractivity contribution >= 4 is 5.91 Å². The summed E-state index contributed by atoms with van der Waals surface area (Å²) < 4.78 is 0. The van der Waals surface area contributed by atoms with Crippen LogP contribution in [0.2, 0.25) is 0 Å². The number of rotatable bonds is 3. The van der Waals surface area contributed by atoms with Crippen molar-refractivity contribution in [2.45, 2.75) is 25.3 Å². The zero-order valence-corrected chi connectivity index (χ0v) is 8.25. The number of amides is 1. The van der Waals surface area contributed by atoms with Gasteiger partial charge >= 0.3 is 0 Å². The summed E-state index contributed by atoms with van der Waals surface area (Å²) in [4.78, 5) is 12.8. The largest absolute Gasteiger partial charge is 0.369 e. The van der Waals surface area contributed by atoms with Gasteiger partial charge in [0.2, 0.25) is 5.91 Å². The van der Waals surface area contributed by atoms with Crippen LogP contribution >= 0.6 is 0 Å². The summed E-state index contributed by atoms with van der Waals surface area (Å²) in [5, 5.41) is 3.34. The van der Waals surface area contributed by atoms with Gasteiger partial charge in [-0.3, -0.25) is 9.69 Å². The second-order valence-electron chi connectivity index (χ2n) is 3.72.